The second-order valence-electron chi connectivity index (χ2n) is 5.95. The number of carbonyl (C=O) groups is 2. The molecule has 0 heterocycles. The maximum absolute atomic E-state index is 14.0. The number of ether oxygens (including phenoxy) is 1. The number of rotatable bonds is 8. The summed E-state index contributed by atoms with van der Waals surface area (Å²) < 4.78 is 46.6. The lowest BCUT2D eigenvalue weighted by atomic mass is 10.1. The van der Waals surface area contributed by atoms with Gasteiger partial charge in [-0.05, 0) is 31.0 Å². The molecule has 8 heteroatoms. The molecule has 150 valence electrons. The van der Waals surface area contributed by atoms with E-state index in [1.54, 1.807) is 36.4 Å². The zero-order chi connectivity index (χ0) is 20.6. The van der Waals surface area contributed by atoms with Gasteiger partial charge in [0.25, 0.3) is 11.6 Å². The van der Waals surface area contributed by atoms with Crippen LogP contribution in [0.25, 0.3) is 0 Å². The molecule has 0 radical (unpaired) electrons. The topological polar surface area (TPSA) is 67.4 Å². The summed E-state index contributed by atoms with van der Waals surface area (Å²) in [6.45, 7) is 0.914. The fraction of sp³-hybridized carbons (Fsp3) is 0.300. The van der Waals surface area contributed by atoms with Gasteiger partial charge in [0.05, 0.1) is 6.61 Å². The molecule has 0 saturated heterocycles. The number of nitrogens with one attached hydrogen (secondary N) is 2. The Morgan fingerprint density at radius 2 is 1.54 bits per heavy atom. The van der Waals surface area contributed by atoms with Crippen LogP contribution in [0, 0.1) is 0 Å². The van der Waals surface area contributed by atoms with Gasteiger partial charge in [-0.1, -0.05) is 48.5 Å². The second-order valence-corrected chi connectivity index (χ2v) is 5.95. The number of benzene rings is 2. The fourth-order valence-electron chi connectivity index (χ4n) is 2.56. The Kier molecular flexibility index (Phi) is 7.17. The highest BCUT2D eigenvalue weighted by atomic mass is 19.4. The van der Waals surface area contributed by atoms with Crippen LogP contribution in [0.3, 0.4) is 0 Å². The van der Waals surface area contributed by atoms with E-state index in [4.69, 9.17) is 0 Å². The quantitative estimate of drug-likeness (QED) is 0.534. The van der Waals surface area contributed by atoms with Crippen LogP contribution in [-0.4, -0.2) is 36.9 Å². The maximum Gasteiger partial charge on any atom is 0.436 e. The van der Waals surface area contributed by atoms with Crippen LogP contribution >= 0.6 is 0 Å². The first kappa shape index (κ1) is 21.4. The number of amides is 1. The number of alkyl halides is 3. The molecule has 28 heavy (non-hydrogen) atoms. The Balaban J connectivity index is 2.28. The Hall–Kier alpha value is -2.87. The van der Waals surface area contributed by atoms with Crippen molar-refractivity contribution in [3.05, 3.63) is 71.8 Å². The maximum atomic E-state index is 14.0. The van der Waals surface area contributed by atoms with Gasteiger partial charge in [0, 0.05) is 12.1 Å². The minimum Gasteiger partial charge on any atom is -0.463 e. The molecule has 0 bridgehead atoms. The van der Waals surface area contributed by atoms with Gasteiger partial charge in [0.1, 0.15) is 0 Å². The SMILES string of the molecule is CCOC(=O)[C@@](NCCc1ccccc1)(NC(=O)c1ccccc1)C(F)(F)F. The highest BCUT2D eigenvalue weighted by molar-refractivity contribution is 5.98. The molecule has 5 nitrogen and oxygen atoms in total. The lowest BCUT2D eigenvalue weighted by molar-refractivity contribution is -0.218. The summed E-state index contributed by atoms with van der Waals surface area (Å²) in [5.74, 6) is -2.65. The van der Waals surface area contributed by atoms with Crippen LogP contribution in [0.2, 0.25) is 0 Å². The van der Waals surface area contributed by atoms with E-state index in [2.05, 4.69) is 10.1 Å². The molecule has 0 aliphatic heterocycles. The Bertz CT molecular complexity index is 782. The zero-order valence-corrected chi connectivity index (χ0v) is 15.3. The van der Waals surface area contributed by atoms with E-state index in [0.717, 1.165) is 5.56 Å². The van der Waals surface area contributed by atoms with Crippen molar-refractivity contribution in [2.75, 3.05) is 13.2 Å². The van der Waals surface area contributed by atoms with Gasteiger partial charge in [-0.25, -0.2) is 4.79 Å². The Morgan fingerprint density at radius 1 is 0.964 bits per heavy atom. The smallest absolute Gasteiger partial charge is 0.436 e. The van der Waals surface area contributed by atoms with Crippen LogP contribution in [0.15, 0.2) is 60.7 Å². The molecule has 0 saturated carbocycles. The van der Waals surface area contributed by atoms with E-state index < -0.39 is 23.7 Å². The molecule has 2 N–H and O–H groups in total. The van der Waals surface area contributed by atoms with E-state index in [-0.39, 0.29) is 25.1 Å². The number of carbonyl (C=O) groups excluding carboxylic acids is 2. The van der Waals surface area contributed by atoms with E-state index in [1.807, 2.05) is 5.32 Å². The van der Waals surface area contributed by atoms with Gasteiger partial charge in [0.2, 0.25) is 0 Å². The van der Waals surface area contributed by atoms with Crippen molar-refractivity contribution in [1.29, 1.82) is 0 Å². The first-order valence-corrected chi connectivity index (χ1v) is 8.70. The summed E-state index contributed by atoms with van der Waals surface area (Å²) in [6, 6.07) is 16.2. The monoisotopic (exact) mass is 394 g/mol. The molecule has 0 aliphatic carbocycles. The molecule has 0 unspecified atom stereocenters. The average molecular weight is 394 g/mol. The van der Waals surface area contributed by atoms with E-state index in [0.29, 0.717) is 0 Å². The largest absolute Gasteiger partial charge is 0.463 e. The lowest BCUT2D eigenvalue weighted by Crippen LogP contribution is -2.73. The van der Waals surface area contributed by atoms with Crippen molar-refractivity contribution in [2.24, 2.45) is 0 Å². The second kappa shape index (κ2) is 9.36. The first-order chi connectivity index (χ1) is 13.3. The first-order valence-electron chi connectivity index (χ1n) is 8.70. The van der Waals surface area contributed by atoms with Crippen molar-refractivity contribution in [3.8, 4) is 0 Å². The summed E-state index contributed by atoms with van der Waals surface area (Å²) in [6.07, 6.45) is -4.90. The third-order valence-corrected chi connectivity index (χ3v) is 3.99. The number of hydrogen-bond donors (Lipinski definition) is 2. The zero-order valence-electron chi connectivity index (χ0n) is 15.3. The van der Waals surface area contributed by atoms with Crippen LogP contribution in [-0.2, 0) is 16.0 Å². The molecule has 1 amide bonds. The lowest BCUT2D eigenvalue weighted by Gasteiger charge is -2.34. The fourth-order valence-corrected chi connectivity index (χ4v) is 2.56. The third kappa shape index (κ3) is 5.10. The molecular formula is C20H21F3N2O3. The number of hydrogen-bond acceptors (Lipinski definition) is 4. The predicted molar refractivity (Wildman–Crippen MR) is 97.5 cm³/mol. The van der Waals surface area contributed by atoms with Crippen molar-refractivity contribution in [3.63, 3.8) is 0 Å². The van der Waals surface area contributed by atoms with E-state index in [9.17, 15) is 22.8 Å². The van der Waals surface area contributed by atoms with Gasteiger partial charge in [-0.2, -0.15) is 13.2 Å². The third-order valence-electron chi connectivity index (χ3n) is 3.99. The highest BCUT2D eigenvalue weighted by Gasteiger charge is 2.63. The molecule has 2 rings (SSSR count). The van der Waals surface area contributed by atoms with Crippen LogP contribution in [0.4, 0.5) is 13.2 Å². The van der Waals surface area contributed by atoms with Crippen LogP contribution in [0.5, 0.6) is 0 Å². The van der Waals surface area contributed by atoms with E-state index >= 15 is 0 Å². The summed E-state index contributed by atoms with van der Waals surface area (Å²) in [5.41, 5.74) is -2.58. The van der Waals surface area contributed by atoms with Crippen molar-refractivity contribution in [2.45, 2.75) is 25.2 Å². The number of halogens is 3. The van der Waals surface area contributed by atoms with Gasteiger partial charge in [-0.15, -0.1) is 0 Å². The van der Waals surface area contributed by atoms with Gasteiger partial charge >= 0.3 is 12.1 Å². The summed E-state index contributed by atoms with van der Waals surface area (Å²) in [4.78, 5) is 24.7. The summed E-state index contributed by atoms with van der Waals surface area (Å²) in [7, 11) is 0. The van der Waals surface area contributed by atoms with Gasteiger partial charge < -0.3 is 10.1 Å². The molecule has 2 aromatic carbocycles. The average Bonchev–Trinajstić information content (AvgIpc) is 2.67. The summed E-state index contributed by atoms with van der Waals surface area (Å²) in [5, 5.41) is 3.98. The molecular weight excluding hydrogens is 373 g/mol. The predicted octanol–water partition coefficient (Wildman–Crippen LogP) is 3.07. The normalized spacial score (nSPS) is 13.4. The van der Waals surface area contributed by atoms with Crippen LogP contribution in [0.1, 0.15) is 22.8 Å². The molecule has 1 atom stereocenters. The molecule has 0 aliphatic rings. The molecule has 2 aromatic rings. The standard InChI is InChI=1S/C20H21F3N2O3/c1-2-28-18(27)19(20(21,22)23,24-14-13-15-9-5-3-6-10-15)25-17(26)16-11-7-4-8-12-16/h3-12,24H,2,13-14H2,1H3,(H,25,26)/t19-/m1/s1. The minimum atomic E-state index is -5.12. The number of esters is 1. The van der Waals surface area contributed by atoms with Crippen molar-refractivity contribution >= 4 is 11.9 Å². The van der Waals surface area contributed by atoms with E-state index in [1.165, 1.54) is 31.2 Å². The van der Waals surface area contributed by atoms with Gasteiger partial charge in [0.15, 0.2) is 0 Å². The minimum absolute atomic E-state index is 0.00900. The molecule has 0 fully saturated rings. The van der Waals surface area contributed by atoms with Gasteiger partial charge in [-0.3, -0.25) is 10.1 Å². The molecule has 0 spiro atoms. The Morgan fingerprint density at radius 3 is 2.07 bits per heavy atom. The van der Waals surface area contributed by atoms with Crippen molar-refractivity contribution in [1.82, 2.24) is 10.6 Å². The molecule has 0 aromatic heterocycles. The van der Waals surface area contributed by atoms with Crippen molar-refractivity contribution < 1.29 is 27.5 Å². The highest BCUT2D eigenvalue weighted by Crippen LogP contribution is 2.30. The Labute approximate surface area is 160 Å². The summed E-state index contributed by atoms with van der Waals surface area (Å²) >= 11 is 0. The van der Waals surface area contributed by atoms with Crippen LogP contribution < -0.4 is 10.6 Å².